The predicted molar refractivity (Wildman–Crippen MR) is 84.5 cm³/mol. The molecule has 3 rings (SSSR count). The summed E-state index contributed by atoms with van der Waals surface area (Å²) in [4.78, 5) is 21.8. The zero-order valence-electron chi connectivity index (χ0n) is 11.1. The molecule has 3 aromatic heterocycles. The molecule has 0 unspecified atom stereocenters. The Morgan fingerprint density at radius 3 is 2.90 bits per heavy atom. The summed E-state index contributed by atoms with van der Waals surface area (Å²) >= 11 is 3.25. The molecule has 6 heteroatoms. The standard InChI is InChI=1S/C14H15N3OS2/c1-2-9-3-4-10(20-9)7-15-8-12-16-11-5-6-19-13(11)14(18)17-12/h3-6,15H,2,7-8H2,1H3,(H,16,17,18). The lowest BCUT2D eigenvalue weighted by molar-refractivity contribution is 0.669. The van der Waals surface area contributed by atoms with Crippen LogP contribution in [0.15, 0.2) is 28.4 Å². The Balaban J connectivity index is 1.66. The third kappa shape index (κ3) is 2.82. The average Bonchev–Trinajstić information content (AvgIpc) is 3.07. The van der Waals surface area contributed by atoms with Gasteiger partial charge in [-0.05, 0) is 30.0 Å². The molecule has 0 aliphatic rings. The molecule has 0 saturated carbocycles. The van der Waals surface area contributed by atoms with Crippen molar-refractivity contribution in [2.24, 2.45) is 0 Å². The van der Waals surface area contributed by atoms with Gasteiger partial charge in [0.25, 0.3) is 5.56 Å². The van der Waals surface area contributed by atoms with Crippen molar-refractivity contribution in [3.05, 3.63) is 49.5 Å². The molecule has 104 valence electrons. The Morgan fingerprint density at radius 2 is 2.10 bits per heavy atom. The van der Waals surface area contributed by atoms with Gasteiger partial charge >= 0.3 is 0 Å². The van der Waals surface area contributed by atoms with Crippen LogP contribution in [0.5, 0.6) is 0 Å². The molecule has 0 saturated heterocycles. The number of H-pyrrole nitrogens is 1. The van der Waals surface area contributed by atoms with Crippen molar-refractivity contribution in [2.75, 3.05) is 0 Å². The lowest BCUT2D eigenvalue weighted by Gasteiger charge is -2.02. The van der Waals surface area contributed by atoms with Crippen LogP contribution in [0.2, 0.25) is 0 Å². The van der Waals surface area contributed by atoms with Gasteiger partial charge in [-0.15, -0.1) is 22.7 Å². The van der Waals surface area contributed by atoms with Crippen LogP contribution in [0.4, 0.5) is 0 Å². The highest BCUT2D eigenvalue weighted by molar-refractivity contribution is 7.17. The summed E-state index contributed by atoms with van der Waals surface area (Å²) in [5.74, 6) is 0.688. The van der Waals surface area contributed by atoms with E-state index in [0.717, 1.165) is 18.5 Å². The van der Waals surface area contributed by atoms with Gasteiger partial charge in [-0.1, -0.05) is 6.92 Å². The molecule has 3 aromatic rings. The van der Waals surface area contributed by atoms with Gasteiger partial charge in [0, 0.05) is 16.3 Å². The number of aromatic nitrogens is 2. The third-order valence-electron chi connectivity index (χ3n) is 3.02. The van der Waals surface area contributed by atoms with Crippen LogP contribution in [0.25, 0.3) is 10.2 Å². The first-order valence-electron chi connectivity index (χ1n) is 6.51. The van der Waals surface area contributed by atoms with Crippen LogP contribution in [0, 0.1) is 0 Å². The molecule has 20 heavy (non-hydrogen) atoms. The van der Waals surface area contributed by atoms with Crippen molar-refractivity contribution in [2.45, 2.75) is 26.4 Å². The minimum Gasteiger partial charge on any atom is -0.308 e. The molecule has 0 spiro atoms. The smallest absolute Gasteiger partial charge is 0.268 e. The largest absolute Gasteiger partial charge is 0.308 e. The summed E-state index contributed by atoms with van der Waals surface area (Å²) in [5.41, 5.74) is 0.728. The normalized spacial score (nSPS) is 11.2. The molecule has 0 fully saturated rings. The number of hydrogen-bond donors (Lipinski definition) is 2. The molecular formula is C14H15N3OS2. The van der Waals surface area contributed by atoms with Crippen molar-refractivity contribution < 1.29 is 0 Å². The predicted octanol–water partition coefficient (Wildman–Crippen LogP) is 2.90. The lowest BCUT2D eigenvalue weighted by Crippen LogP contribution is -2.18. The van der Waals surface area contributed by atoms with E-state index in [-0.39, 0.29) is 5.56 Å². The fraction of sp³-hybridized carbons (Fsp3) is 0.286. The van der Waals surface area contributed by atoms with Gasteiger partial charge in [-0.2, -0.15) is 0 Å². The topological polar surface area (TPSA) is 57.8 Å². The highest BCUT2D eigenvalue weighted by Crippen LogP contribution is 2.17. The van der Waals surface area contributed by atoms with E-state index in [9.17, 15) is 4.79 Å². The maximum atomic E-state index is 11.8. The Labute approximate surface area is 124 Å². The maximum Gasteiger partial charge on any atom is 0.268 e. The second kappa shape index (κ2) is 5.87. The number of aryl methyl sites for hydroxylation is 1. The van der Waals surface area contributed by atoms with E-state index in [2.05, 4.69) is 34.3 Å². The van der Waals surface area contributed by atoms with Crippen LogP contribution >= 0.6 is 22.7 Å². The van der Waals surface area contributed by atoms with E-state index >= 15 is 0 Å². The monoisotopic (exact) mass is 305 g/mol. The highest BCUT2D eigenvalue weighted by atomic mass is 32.1. The fourth-order valence-electron chi connectivity index (χ4n) is 2.02. The fourth-order valence-corrected chi connectivity index (χ4v) is 3.67. The quantitative estimate of drug-likeness (QED) is 0.762. The van der Waals surface area contributed by atoms with Crippen LogP contribution in [0.1, 0.15) is 22.5 Å². The Kier molecular flexibility index (Phi) is 3.95. The lowest BCUT2D eigenvalue weighted by atomic mass is 10.3. The zero-order valence-corrected chi connectivity index (χ0v) is 12.7. The summed E-state index contributed by atoms with van der Waals surface area (Å²) in [7, 11) is 0. The first-order valence-corrected chi connectivity index (χ1v) is 8.20. The van der Waals surface area contributed by atoms with Gasteiger partial charge in [-0.3, -0.25) is 4.79 Å². The number of aromatic amines is 1. The van der Waals surface area contributed by atoms with E-state index < -0.39 is 0 Å². The summed E-state index contributed by atoms with van der Waals surface area (Å²) in [6.07, 6.45) is 1.08. The van der Waals surface area contributed by atoms with E-state index in [1.165, 1.54) is 21.1 Å². The molecule has 2 N–H and O–H groups in total. The maximum absolute atomic E-state index is 11.8. The van der Waals surface area contributed by atoms with Crippen LogP contribution in [-0.2, 0) is 19.5 Å². The molecular weight excluding hydrogens is 290 g/mol. The molecule has 0 atom stereocenters. The first-order chi connectivity index (χ1) is 9.76. The first kappa shape index (κ1) is 13.5. The number of fused-ring (bicyclic) bond motifs is 1. The minimum atomic E-state index is -0.0498. The van der Waals surface area contributed by atoms with Crippen LogP contribution in [0.3, 0.4) is 0 Å². The van der Waals surface area contributed by atoms with E-state index in [1.54, 1.807) is 0 Å². The summed E-state index contributed by atoms with van der Waals surface area (Å²) in [6, 6.07) is 6.19. The second-order valence-corrected chi connectivity index (χ2v) is 6.64. The molecule has 0 aliphatic carbocycles. The number of hydrogen-bond acceptors (Lipinski definition) is 5. The van der Waals surface area contributed by atoms with Crippen LogP contribution < -0.4 is 10.9 Å². The van der Waals surface area contributed by atoms with Gasteiger partial charge in [0.15, 0.2) is 0 Å². The molecule has 3 heterocycles. The highest BCUT2D eigenvalue weighted by Gasteiger charge is 2.05. The number of rotatable bonds is 5. The van der Waals surface area contributed by atoms with Crippen molar-refractivity contribution in [1.29, 1.82) is 0 Å². The molecule has 0 aliphatic heterocycles. The average molecular weight is 305 g/mol. The van der Waals surface area contributed by atoms with Gasteiger partial charge in [0.2, 0.25) is 0 Å². The van der Waals surface area contributed by atoms with Gasteiger partial charge in [-0.25, -0.2) is 4.98 Å². The Bertz CT molecular complexity index is 772. The van der Waals surface area contributed by atoms with Gasteiger partial charge in [0.05, 0.1) is 12.1 Å². The molecule has 0 amide bonds. The molecule has 0 bridgehead atoms. The zero-order chi connectivity index (χ0) is 13.9. The summed E-state index contributed by atoms with van der Waals surface area (Å²) in [5, 5.41) is 5.21. The number of nitrogens with one attached hydrogen (secondary N) is 2. The molecule has 0 radical (unpaired) electrons. The molecule has 0 aromatic carbocycles. The summed E-state index contributed by atoms with van der Waals surface area (Å²) in [6.45, 7) is 3.53. The van der Waals surface area contributed by atoms with Crippen LogP contribution in [-0.4, -0.2) is 9.97 Å². The summed E-state index contributed by atoms with van der Waals surface area (Å²) < 4.78 is 0.694. The van der Waals surface area contributed by atoms with Crippen molar-refractivity contribution >= 4 is 32.9 Å². The number of thiophene rings is 2. The van der Waals surface area contributed by atoms with Crippen molar-refractivity contribution in [3.63, 3.8) is 0 Å². The molecule has 4 nitrogen and oxygen atoms in total. The third-order valence-corrected chi connectivity index (χ3v) is 5.15. The van der Waals surface area contributed by atoms with Crippen molar-refractivity contribution in [3.8, 4) is 0 Å². The number of nitrogens with zero attached hydrogens (tertiary/aromatic N) is 1. The van der Waals surface area contributed by atoms with Gasteiger partial charge < -0.3 is 10.3 Å². The van der Waals surface area contributed by atoms with Gasteiger partial charge in [0.1, 0.15) is 10.5 Å². The minimum absolute atomic E-state index is 0.0498. The SMILES string of the molecule is CCc1ccc(CNCc2nc3ccsc3c(=O)[nH]2)s1. The van der Waals surface area contributed by atoms with E-state index in [0.29, 0.717) is 17.1 Å². The Morgan fingerprint density at radius 1 is 1.25 bits per heavy atom. The van der Waals surface area contributed by atoms with E-state index in [4.69, 9.17) is 0 Å². The van der Waals surface area contributed by atoms with E-state index in [1.807, 2.05) is 22.8 Å². The van der Waals surface area contributed by atoms with Crippen molar-refractivity contribution in [1.82, 2.24) is 15.3 Å². The Hall–Kier alpha value is -1.50. The second-order valence-electron chi connectivity index (χ2n) is 4.47.